The van der Waals surface area contributed by atoms with Crippen molar-refractivity contribution in [3.63, 3.8) is 0 Å². The molecular weight excluding hydrogens is 258 g/mol. The molecule has 1 aromatic rings. The van der Waals surface area contributed by atoms with Crippen LogP contribution in [0.3, 0.4) is 0 Å². The van der Waals surface area contributed by atoms with Gasteiger partial charge in [-0.3, -0.25) is 4.79 Å². The molecule has 0 unspecified atom stereocenters. The van der Waals surface area contributed by atoms with Gasteiger partial charge in [0.2, 0.25) is 0 Å². The van der Waals surface area contributed by atoms with E-state index in [1.807, 2.05) is 12.1 Å². The third kappa shape index (κ3) is 2.90. The van der Waals surface area contributed by atoms with Gasteiger partial charge < -0.3 is 5.32 Å². The molecule has 2 atom stereocenters. The fourth-order valence-electron chi connectivity index (χ4n) is 3.22. The van der Waals surface area contributed by atoms with Crippen molar-refractivity contribution in [2.45, 2.75) is 47.5 Å². The van der Waals surface area contributed by atoms with E-state index in [1.54, 1.807) is 12.3 Å². The monoisotopic (exact) mass is 285 g/mol. The van der Waals surface area contributed by atoms with Gasteiger partial charge in [-0.2, -0.15) is 0 Å². The van der Waals surface area contributed by atoms with Gasteiger partial charge in [-0.1, -0.05) is 45.4 Å². The van der Waals surface area contributed by atoms with E-state index >= 15 is 0 Å². The van der Waals surface area contributed by atoms with Crippen molar-refractivity contribution in [3.8, 4) is 0 Å². The van der Waals surface area contributed by atoms with E-state index in [4.69, 9.17) is 0 Å². The minimum atomic E-state index is -0.252. The Morgan fingerprint density at radius 1 is 1.24 bits per heavy atom. The number of benzene rings is 1. The van der Waals surface area contributed by atoms with Crippen LogP contribution in [0.5, 0.6) is 0 Å². The van der Waals surface area contributed by atoms with E-state index in [0.29, 0.717) is 5.92 Å². The lowest BCUT2D eigenvalue weighted by atomic mass is 9.64. The molecule has 114 valence electrons. The van der Waals surface area contributed by atoms with Crippen LogP contribution < -0.4 is 5.32 Å². The predicted octanol–water partition coefficient (Wildman–Crippen LogP) is 4.95. The Morgan fingerprint density at radius 2 is 1.86 bits per heavy atom. The average Bonchev–Trinajstić information content (AvgIpc) is 2.65. The van der Waals surface area contributed by atoms with Crippen molar-refractivity contribution < 1.29 is 4.79 Å². The smallest absolute Gasteiger partial charge is 0.163 e. The summed E-state index contributed by atoms with van der Waals surface area (Å²) in [5.41, 5.74) is 2.04. The first-order valence-corrected chi connectivity index (χ1v) is 7.81. The summed E-state index contributed by atoms with van der Waals surface area (Å²) >= 11 is 0. The van der Waals surface area contributed by atoms with Crippen molar-refractivity contribution in [3.05, 3.63) is 42.1 Å². The SMILES string of the molecule is Cc1ccc(NC=CC(=O)[C@@]2(C)CC[C@H](C)C2(C)C)cc1. The molecular formula is C19H27NO. The van der Waals surface area contributed by atoms with Crippen LogP contribution in [0.25, 0.3) is 0 Å². The number of allylic oxidation sites excluding steroid dienone is 1. The molecule has 1 aromatic carbocycles. The van der Waals surface area contributed by atoms with E-state index in [1.165, 1.54) is 5.56 Å². The Bertz CT molecular complexity index is 541. The molecule has 1 aliphatic carbocycles. The largest absolute Gasteiger partial charge is 0.362 e. The number of carbonyl (C=O) groups excluding carboxylic acids is 1. The Balaban J connectivity index is 2.04. The van der Waals surface area contributed by atoms with Gasteiger partial charge in [0.25, 0.3) is 0 Å². The average molecular weight is 285 g/mol. The van der Waals surface area contributed by atoms with Gasteiger partial charge in [0.05, 0.1) is 0 Å². The van der Waals surface area contributed by atoms with Crippen LogP contribution in [0.4, 0.5) is 5.69 Å². The summed E-state index contributed by atoms with van der Waals surface area (Å²) in [6, 6.07) is 8.16. The number of anilines is 1. The van der Waals surface area contributed by atoms with Crippen molar-refractivity contribution in [2.24, 2.45) is 16.7 Å². The molecule has 0 spiro atoms. The van der Waals surface area contributed by atoms with E-state index in [0.717, 1.165) is 18.5 Å². The van der Waals surface area contributed by atoms with Gasteiger partial charge >= 0.3 is 0 Å². The highest BCUT2D eigenvalue weighted by Gasteiger charge is 2.52. The van der Waals surface area contributed by atoms with Crippen LogP contribution in [0.1, 0.15) is 46.1 Å². The van der Waals surface area contributed by atoms with Gasteiger partial charge in [0.15, 0.2) is 5.78 Å². The lowest BCUT2D eigenvalue weighted by Gasteiger charge is -2.39. The fraction of sp³-hybridized carbons (Fsp3) is 0.526. The Hall–Kier alpha value is -1.57. The topological polar surface area (TPSA) is 29.1 Å². The fourth-order valence-corrected chi connectivity index (χ4v) is 3.22. The lowest BCUT2D eigenvalue weighted by Crippen LogP contribution is -2.39. The van der Waals surface area contributed by atoms with Crippen LogP contribution in [-0.2, 0) is 4.79 Å². The molecule has 21 heavy (non-hydrogen) atoms. The minimum Gasteiger partial charge on any atom is -0.362 e. The summed E-state index contributed by atoms with van der Waals surface area (Å²) in [6.07, 6.45) is 5.60. The number of hydrogen-bond donors (Lipinski definition) is 1. The number of ketones is 1. The molecule has 0 radical (unpaired) electrons. The molecule has 0 heterocycles. The second-order valence-corrected chi connectivity index (χ2v) is 7.20. The second-order valence-electron chi connectivity index (χ2n) is 7.20. The molecule has 0 saturated heterocycles. The number of aryl methyl sites for hydroxylation is 1. The molecule has 1 N–H and O–H groups in total. The van der Waals surface area contributed by atoms with Gasteiger partial charge in [0, 0.05) is 17.3 Å². The Kier molecular flexibility index (Phi) is 4.27. The van der Waals surface area contributed by atoms with Crippen LogP contribution in [0.2, 0.25) is 0 Å². The van der Waals surface area contributed by atoms with Gasteiger partial charge in [0.1, 0.15) is 0 Å². The summed E-state index contributed by atoms with van der Waals surface area (Å²) in [5.74, 6) is 0.821. The quantitative estimate of drug-likeness (QED) is 0.793. The zero-order valence-electron chi connectivity index (χ0n) is 13.9. The van der Waals surface area contributed by atoms with Crippen LogP contribution >= 0.6 is 0 Å². The minimum absolute atomic E-state index is 0.0539. The molecule has 0 aliphatic heterocycles. The molecule has 0 bridgehead atoms. The van der Waals surface area contributed by atoms with E-state index in [-0.39, 0.29) is 16.6 Å². The van der Waals surface area contributed by atoms with Crippen molar-refractivity contribution in [2.75, 3.05) is 5.32 Å². The molecule has 1 fully saturated rings. The highest BCUT2D eigenvalue weighted by atomic mass is 16.1. The van der Waals surface area contributed by atoms with E-state index in [9.17, 15) is 4.79 Å². The first kappa shape index (κ1) is 15.8. The van der Waals surface area contributed by atoms with E-state index < -0.39 is 0 Å². The zero-order chi connectivity index (χ0) is 15.7. The maximum atomic E-state index is 12.6. The van der Waals surface area contributed by atoms with Gasteiger partial charge in [-0.25, -0.2) is 0 Å². The summed E-state index contributed by atoms with van der Waals surface area (Å²) in [4.78, 5) is 12.6. The molecule has 1 aliphatic rings. The predicted molar refractivity (Wildman–Crippen MR) is 89.2 cm³/mol. The summed E-state index contributed by atoms with van der Waals surface area (Å²) < 4.78 is 0. The molecule has 0 aromatic heterocycles. The first-order valence-electron chi connectivity index (χ1n) is 7.81. The van der Waals surface area contributed by atoms with Crippen molar-refractivity contribution in [1.82, 2.24) is 0 Å². The molecule has 1 saturated carbocycles. The Labute approximate surface area is 128 Å². The highest BCUT2D eigenvalue weighted by molar-refractivity contribution is 5.95. The normalized spacial score (nSPS) is 28.0. The van der Waals surface area contributed by atoms with Crippen LogP contribution in [0.15, 0.2) is 36.5 Å². The Morgan fingerprint density at radius 3 is 2.38 bits per heavy atom. The first-order chi connectivity index (χ1) is 9.77. The standard InChI is InChI=1S/C19H27NO/c1-14-6-8-16(9-7-14)20-13-11-17(21)19(5)12-10-15(2)18(19,3)4/h6-9,11,13,15,20H,10,12H2,1-5H3/t15-,19+/m0/s1. The highest BCUT2D eigenvalue weighted by Crippen LogP contribution is 2.56. The van der Waals surface area contributed by atoms with Crippen molar-refractivity contribution in [1.29, 1.82) is 0 Å². The maximum absolute atomic E-state index is 12.6. The summed E-state index contributed by atoms with van der Waals surface area (Å²) in [5, 5.41) is 3.18. The molecule has 2 heteroatoms. The maximum Gasteiger partial charge on any atom is 0.163 e. The summed E-state index contributed by atoms with van der Waals surface area (Å²) in [7, 11) is 0. The van der Waals surface area contributed by atoms with Crippen LogP contribution in [-0.4, -0.2) is 5.78 Å². The number of rotatable bonds is 4. The summed E-state index contributed by atoms with van der Waals surface area (Å²) in [6.45, 7) is 10.9. The third-order valence-electron chi connectivity index (χ3n) is 5.81. The van der Waals surface area contributed by atoms with Crippen molar-refractivity contribution >= 4 is 11.5 Å². The third-order valence-corrected chi connectivity index (χ3v) is 5.81. The second kappa shape index (κ2) is 5.67. The lowest BCUT2D eigenvalue weighted by molar-refractivity contribution is -0.128. The zero-order valence-corrected chi connectivity index (χ0v) is 13.9. The molecule has 2 nitrogen and oxygen atoms in total. The van der Waals surface area contributed by atoms with E-state index in [2.05, 4.69) is 52.1 Å². The number of nitrogens with one attached hydrogen (secondary N) is 1. The molecule has 2 rings (SSSR count). The molecule has 0 amide bonds. The number of carbonyl (C=O) groups is 1. The van der Waals surface area contributed by atoms with Gasteiger partial charge in [-0.15, -0.1) is 0 Å². The van der Waals surface area contributed by atoms with Gasteiger partial charge in [-0.05, 0) is 49.3 Å². The number of hydrogen-bond acceptors (Lipinski definition) is 2. The van der Waals surface area contributed by atoms with Crippen LogP contribution in [0, 0.1) is 23.7 Å².